The van der Waals surface area contributed by atoms with Gasteiger partial charge >= 0.3 is 6.09 Å². The van der Waals surface area contributed by atoms with E-state index in [1.807, 2.05) is 0 Å². The second-order valence-electron chi connectivity index (χ2n) is 9.58. The van der Waals surface area contributed by atoms with E-state index in [-0.39, 0.29) is 28.1 Å². The molecule has 2 amide bonds. The average molecular weight is 514 g/mol. The number of hydrogen-bond donors (Lipinski definition) is 0. The first kappa shape index (κ1) is 25.5. The van der Waals surface area contributed by atoms with Crippen molar-refractivity contribution in [3.8, 4) is 0 Å². The molecule has 0 radical (unpaired) electrons. The molecule has 4 rings (SSSR count). The topological polar surface area (TPSA) is 80.8 Å². The van der Waals surface area contributed by atoms with E-state index < -0.39 is 50.2 Å². The Bertz CT molecular complexity index is 1420. The van der Waals surface area contributed by atoms with Crippen LogP contribution in [0, 0.1) is 11.6 Å². The van der Waals surface area contributed by atoms with Gasteiger partial charge in [0, 0.05) is 0 Å². The van der Waals surface area contributed by atoms with Gasteiger partial charge in [0.25, 0.3) is 5.91 Å². The number of fused-ring (bicyclic) bond motifs is 1. The molecule has 6 nitrogen and oxygen atoms in total. The number of imide groups is 1. The number of carbonyl (C=O) groups excluding carboxylic acids is 2. The maximum atomic E-state index is 14.5. The van der Waals surface area contributed by atoms with Crippen molar-refractivity contribution >= 4 is 27.5 Å². The summed E-state index contributed by atoms with van der Waals surface area (Å²) >= 11 is 0. The van der Waals surface area contributed by atoms with Crippen LogP contribution >= 0.6 is 0 Å². The van der Waals surface area contributed by atoms with E-state index >= 15 is 0 Å². The molecule has 0 spiro atoms. The number of hydrogen-bond acceptors (Lipinski definition) is 5. The molecule has 1 atom stereocenters. The van der Waals surface area contributed by atoms with Gasteiger partial charge in [-0.3, -0.25) is 4.79 Å². The van der Waals surface area contributed by atoms with Gasteiger partial charge in [0.2, 0.25) is 0 Å². The van der Waals surface area contributed by atoms with Gasteiger partial charge in [-0.1, -0.05) is 30.3 Å². The number of benzene rings is 3. The van der Waals surface area contributed by atoms with Crippen molar-refractivity contribution in [3.63, 3.8) is 0 Å². The summed E-state index contributed by atoms with van der Waals surface area (Å²) in [5.74, 6) is -2.53. The molecular formula is C27H25F2NO5S. The van der Waals surface area contributed by atoms with Crippen molar-refractivity contribution in [2.24, 2.45) is 0 Å². The minimum absolute atomic E-state index is 0.0631. The molecule has 0 aliphatic carbocycles. The Morgan fingerprint density at radius 1 is 0.944 bits per heavy atom. The van der Waals surface area contributed by atoms with E-state index in [0.29, 0.717) is 0 Å². The highest BCUT2D eigenvalue weighted by atomic mass is 32.2. The summed E-state index contributed by atoms with van der Waals surface area (Å²) in [7, 11) is -3.86. The third-order valence-corrected chi connectivity index (χ3v) is 7.72. The summed E-state index contributed by atoms with van der Waals surface area (Å²) in [6.07, 6.45) is -1.29. The number of ether oxygens (including phenoxy) is 1. The number of rotatable bonds is 5. The summed E-state index contributed by atoms with van der Waals surface area (Å²) in [5, 5.41) is 0. The highest BCUT2D eigenvalue weighted by molar-refractivity contribution is 7.91. The lowest BCUT2D eigenvalue weighted by atomic mass is 9.73. The van der Waals surface area contributed by atoms with Crippen LogP contribution in [-0.4, -0.2) is 31.8 Å². The minimum atomic E-state index is -3.86. The number of anilines is 1. The molecule has 0 aromatic heterocycles. The lowest BCUT2D eigenvalue weighted by Gasteiger charge is -2.30. The van der Waals surface area contributed by atoms with Gasteiger partial charge in [0.15, 0.2) is 9.84 Å². The molecule has 36 heavy (non-hydrogen) atoms. The van der Waals surface area contributed by atoms with Gasteiger partial charge < -0.3 is 4.74 Å². The zero-order valence-electron chi connectivity index (χ0n) is 20.0. The number of sulfone groups is 1. The summed E-state index contributed by atoms with van der Waals surface area (Å²) in [6, 6.07) is 16.2. The zero-order valence-corrected chi connectivity index (χ0v) is 20.8. The highest BCUT2D eigenvalue weighted by Gasteiger charge is 2.55. The average Bonchev–Trinajstić information content (AvgIpc) is 3.05. The normalized spacial score (nSPS) is 17.7. The van der Waals surface area contributed by atoms with Crippen molar-refractivity contribution < 1.29 is 31.5 Å². The SMILES string of the molecule is CC(C)(C)OC(=O)N1C(=O)[C@](CCS(=O)(=O)c2ccccc2)(c2ccc(F)cc2)c2cc(F)ccc21. The monoisotopic (exact) mass is 513 g/mol. The third kappa shape index (κ3) is 4.63. The Morgan fingerprint density at radius 2 is 1.56 bits per heavy atom. The number of amides is 2. The molecular weight excluding hydrogens is 488 g/mol. The fourth-order valence-electron chi connectivity index (χ4n) is 4.38. The molecule has 0 N–H and O–H groups in total. The van der Waals surface area contributed by atoms with Gasteiger partial charge in [-0.05, 0) is 80.8 Å². The van der Waals surface area contributed by atoms with Crippen LogP contribution in [0.15, 0.2) is 77.7 Å². The van der Waals surface area contributed by atoms with Crippen molar-refractivity contribution in [1.82, 2.24) is 0 Å². The highest BCUT2D eigenvalue weighted by Crippen LogP contribution is 2.49. The molecule has 1 heterocycles. The number of nitrogens with zero attached hydrogens (tertiary/aromatic N) is 1. The predicted octanol–water partition coefficient (Wildman–Crippen LogP) is 5.40. The molecule has 9 heteroatoms. The molecule has 0 saturated carbocycles. The van der Waals surface area contributed by atoms with Gasteiger partial charge in [0.1, 0.15) is 22.7 Å². The Balaban J connectivity index is 1.89. The summed E-state index contributed by atoms with van der Waals surface area (Å²) in [5.41, 5.74) is -2.29. The Morgan fingerprint density at radius 3 is 2.17 bits per heavy atom. The lowest BCUT2D eigenvalue weighted by molar-refractivity contribution is -0.121. The lowest BCUT2D eigenvalue weighted by Crippen LogP contribution is -2.46. The number of halogens is 2. The number of carbonyl (C=O) groups is 2. The van der Waals surface area contributed by atoms with E-state index in [1.54, 1.807) is 39.0 Å². The van der Waals surface area contributed by atoms with Gasteiger partial charge in [-0.15, -0.1) is 0 Å². The molecule has 1 aliphatic heterocycles. The fraction of sp³-hybridized carbons (Fsp3) is 0.259. The molecule has 188 valence electrons. The first-order valence-electron chi connectivity index (χ1n) is 11.3. The van der Waals surface area contributed by atoms with Gasteiger partial charge in [-0.25, -0.2) is 26.9 Å². The summed E-state index contributed by atoms with van der Waals surface area (Å²) in [4.78, 5) is 28.1. The molecule has 1 aliphatic rings. The molecule has 0 fully saturated rings. The van der Waals surface area contributed by atoms with Crippen LogP contribution in [0.2, 0.25) is 0 Å². The molecule has 3 aromatic rings. The molecule has 0 saturated heterocycles. The van der Waals surface area contributed by atoms with E-state index in [9.17, 15) is 26.8 Å². The molecule has 0 unspecified atom stereocenters. The van der Waals surface area contributed by atoms with Gasteiger partial charge in [0.05, 0.1) is 16.3 Å². The third-order valence-electron chi connectivity index (χ3n) is 5.99. The van der Waals surface area contributed by atoms with E-state index in [0.717, 1.165) is 29.2 Å². The van der Waals surface area contributed by atoms with Crippen LogP contribution in [0.4, 0.5) is 19.3 Å². The van der Waals surface area contributed by atoms with Crippen LogP contribution in [-0.2, 0) is 24.8 Å². The maximum Gasteiger partial charge on any atom is 0.421 e. The van der Waals surface area contributed by atoms with Crippen LogP contribution in [0.25, 0.3) is 0 Å². The quantitative estimate of drug-likeness (QED) is 0.457. The summed E-state index contributed by atoms with van der Waals surface area (Å²) in [6.45, 7) is 4.91. The largest absolute Gasteiger partial charge is 0.443 e. The Hall–Kier alpha value is -3.59. The van der Waals surface area contributed by atoms with Crippen LogP contribution in [0.3, 0.4) is 0 Å². The van der Waals surface area contributed by atoms with Crippen LogP contribution in [0.1, 0.15) is 38.3 Å². The smallest absolute Gasteiger partial charge is 0.421 e. The second-order valence-corrected chi connectivity index (χ2v) is 11.7. The van der Waals surface area contributed by atoms with Crippen molar-refractivity contribution in [1.29, 1.82) is 0 Å². The first-order chi connectivity index (χ1) is 16.8. The van der Waals surface area contributed by atoms with E-state index in [1.165, 1.54) is 30.3 Å². The fourth-order valence-corrected chi connectivity index (χ4v) is 5.76. The van der Waals surface area contributed by atoms with Crippen LogP contribution in [0.5, 0.6) is 0 Å². The van der Waals surface area contributed by atoms with Crippen molar-refractivity contribution in [3.05, 3.63) is 95.6 Å². The van der Waals surface area contributed by atoms with Crippen LogP contribution < -0.4 is 4.90 Å². The zero-order chi connectivity index (χ0) is 26.3. The summed E-state index contributed by atoms with van der Waals surface area (Å²) < 4.78 is 60.1. The Kier molecular flexibility index (Phi) is 6.47. The standard InChI is InChI=1S/C27H25F2NO5S/c1-26(2,3)35-25(32)30-23-14-13-20(29)17-22(23)27(24(30)31,18-9-11-19(28)12-10-18)15-16-36(33,34)21-7-5-4-6-8-21/h4-14,17H,15-16H2,1-3H3/t27-/m1/s1. The van der Waals surface area contributed by atoms with Crippen molar-refractivity contribution in [2.75, 3.05) is 10.7 Å². The molecule has 3 aromatic carbocycles. The second kappa shape index (κ2) is 9.13. The maximum absolute atomic E-state index is 14.5. The predicted molar refractivity (Wildman–Crippen MR) is 130 cm³/mol. The minimum Gasteiger partial charge on any atom is -0.443 e. The molecule has 0 bridgehead atoms. The van der Waals surface area contributed by atoms with Crippen molar-refractivity contribution in [2.45, 2.75) is 43.1 Å². The van der Waals surface area contributed by atoms with Gasteiger partial charge in [-0.2, -0.15) is 0 Å². The Labute approximate surface area is 208 Å². The van der Waals surface area contributed by atoms with E-state index in [4.69, 9.17) is 4.74 Å². The van der Waals surface area contributed by atoms with E-state index in [2.05, 4.69) is 0 Å². The first-order valence-corrected chi connectivity index (χ1v) is 12.9.